The molecule has 8 N–H and O–H groups in total. The molecule has 0 aliphatic carbocycles. The van der Waals surface area contributed by atoms with Crippen LogP contribution in [0.25, 0.3) is 0 Å². The molecule has 2 heterocycles. The first-order chi connectivity index (χ1) is 66.1. The van der Waals surface area contributed by atoms with Gasteiger partial charge in [0.1, 0.15) is 47.7 Å². The number of nitrogens with one attached hydrogen (secondary N) is 2. The predicted octanol–water partition coefficient (Wildman–Crippen LogP) is 25.2. The molecule has 0 bridgehead atoms. The molecule has 0 radical (unpaired) electrons. The van der Waals surface area contributed by atoms with Crippen LogP contribution in [0, 0.1) is 41.4 Å². The first kappa shape index (κ1) is 130. The summed E-state index contributed by atoms with van der Waals surface area (Å²) in [4.78, 5) is 140. The molecule has 812 valence electrons. The number of rotatable bonds is 90. The van der Waals surface area contributed by atoms with Gasteiger partial charge in [-0.2, -0.15) is 14.3 Å². The Hall–Kier alpha value is -3.72. The molecule has 2 rings (SSSR count). The Morgan fingerprint density at radius 3 is 0.928 bits per heavy atom. The van der Waals surface area contributed by atoms with E-state index in [4.69, 9.17) is 42.4 Å². The largest absolute Gasteiger partial charge is 0.606 e. The molecular weight excluding hydrogens is 1770 g/mol. The average Bonchev–Trinajstić information content (AvgIpc) is 0.745. The van der Waals surface area contributed by atoms with Crippen molar-refractivity contribution in [3.8, 4) is 0 Å². The molecule has 0 aromatic carbocycles. The predicted molar refractivity (Wildman–Crippen MR) is 552 cm³/mol. The number of esters is 5. The van der Waals surface area contributed by atoms with Gasteiger partial charge in [-0.3, -0.25) is 33.6 Å². The third-order valence-electron chi connectivity index (χ3n) is 29.7. The zero-order valence-electron chi connectivity index (χ0n) is 90.6. The monoisotopic (exact) mass is 1980 g/mol. The van der Waals surface area contributed by atoms with E-state index in [0.717, 1.165) is 283 Å². The van der Waals surface area contributed by atoms with Crippen LogP contribution in [0.3, 0.4) is 0 Å². The highest BCUT2D eigenvalue weighted by Gasteiger charge is 2.62. The van der Waals surface area contributed by atoms with Crippen LogP contribution in [0.1, 0.15) is 535 Å². The zero-order valence-corrected chi connectivity index (χ0v) is 91.5. The lowest BCUT2D eigenvalue weighted by atomic mass is 9.83. The molecule has 2 fully saturated rings. The van der Waals surface area contributed by atoms with Crippen molar-refractivity contribution >= 4 is 49.8 Å². The first-order valence-corrected chi connectivity index (χ1v) is 58.6. The van der Waals surface area contributed by atoms with Gasteiger partial charge in [0, 0.05) is 0 Å². The van der Waals surface area contributed by atoms with Gasteiger partial charge in [0.25, 0.3) is 0 Å². The fourth-order valence-corrected chi connectivity index (χ4v) is 20.2. The summed E-state index contributed by atoms with van der Waals surface area (Å²) < 4.78 is 57.3. The smallest absolute Gasteiger partial charge is 0.374 e. The molecule has 21 atom stereocenters. The van der Waals surface area contributed by atoms with Crippen molar-refractivity contribution in [2.75, 3.05) is 13.2 Å². The molecule has 0 aromatic rings. The van der Waals surface area contributed by atoms with Crippen LogP contribution in [0.2, 0.25) is 0 Å². The van der Waals surface area contributed by atoms with Crippen molar-refractivity contribution in [1.29, 1.82) is 0 Å². The molecule has 2 saturated heterocycles. The number of hydrogen-bond donors (Lipinski definition) is 8. The van der Waals surface area contributed by atoms with Gasteiger partial charge in [-0.15, -0.1) is 0 Å². The second kappa shape index (κ2) is 79.5. The number of phosphoric acid groups is 1. The second-order valence-corrected chi connectivity index (χ2v) is 44.2. The minimum atomic E-state index is -5.72. The third-order valence-corrected chi connectivity index (χ3v) is 30.2. The molecule has 0 spiro atoms. The summed E-state index contributed by atoms with van der Waals surface area (Å²) in [7, 11) is -5.72. The average molecular weight is 1980 g/mol. The number of ether oxygens (including phenoxy) is 8. The number of carbonyl (C=O) groups excluding carboxylic acids is 7. The summed E-state index contributed by atoms with van der Waals surface area (Å²) in [6.07, 6.45) is 40.1. The van der Waals surface area contributed by atoms with Gasteiger partial charge < -0.3 is 73.8 Å². The van der Waals surface area contributed by atoms with Crippen molar-refractivity contribution in [3.63, 3.8) is 0 Å². The van der Waals surface area contributed by atoms with E-state index in [0.29, 0.717) is 44.9 Å². The van der Waals surface area contributed by atoms with Gasteiger partial charge >= 0.3 is 38.0 Å². The van der Waals surface area contributed by atoms with Crippen LogP contribution in [0.5, 0.6) is 0 Å². The van der Waals surface area contributed by atoms with Crippen LogP contribution < -0.4 is 15.5 Å². The lowest BCUT2D eigenvalue weighted by Crippen LogP contribution is -2.75. The molecule has 0 aromatic heterocycles. The minimum Gasteiger partial charge on any atom is -0.606 e. The van der Waals surface area contributed by atoms with Crippen LogP contribution in [-0.4, -0.2) is 170 Å². The minimum absolute atomic E-state index is 0.317. The highest BCUT2D eigenvalue weighted by molar-refractivity contribution is 7.51. The highest BCUT2D eigenvalue weighted by Crippen LogP contribution is 2.48. The molecule has 138 heavy (non-hydrogen) atoms. The lowest BCUT2D eigenvalue weighted by Gasteiger charge is -2.52. The Kier molecular flexibility index (Phi) is 75.1. The number of aliphatic hydroxyl groups is 4. The summed E-state index contributed by atoms with van der Waals surface area (Å²) in [6, 6.07) is 0. The van der Waals surface area contributed by atoms with Crippen LogP contribution in [0.15, 0.2) is 0 Å². The van der Waals surface area contributed by atoms with Crippen LogP contribution >= 0.6 is 8.17 Å². The van der Waals surface area contributed by atoms with E-state index >= 15 is 14.4 Å². The van der Waals surface area contributed by atoms with Gasteiger partial charge in [-0.1, -0.05) is 450 Å². The Bertz CT molecular complexity index is 3060. The molecule has 2 amide bonds. The summed E-state index contributed by atoms with van der Waals surface area (Å²) in [5, 5.41) is 55.0. The molecular formula is C112H211N2O23P. The standard InChI is InChI=1S/C112H211N2O23P/c1-17-24-31-38-45-47-48-50-57-64-70-77-90(13)106(122)130-93(86(9)73-66-59-52-41-34-27-20-4)80-98(117)113-111(15)104(135-100(119)79-92(116)85(8)72-65-58-51-40-33-26-19-3)102(121)97(133-109(111)125)84-129-110-112(16,114-99(118)81-94(87(10)74-67-60-53-42-35-28-21-5)131-107(123)89(12)76-69-62-55-44-37-30-23-7)105(103(96(83-115)134-110)137-138(126,127)128)136-101(120)82-95(88(11)75-68-61-54-43-36-29-22-6)132-108(124)91(14)78-71-63-56-49-46-39-32-25-18-2/h85-97,102-105,109-110,115-116,121,125H,17-84H2,1-16H3,(H,113,117)(H,114,118)(H2,126,127,128). The van der Waals surface area contributed by atoms with Crippen molar-refractivity contribution in [2.45, 2.75) is 619 Å². The van der Waals surface area contributed by atoms with Gasteiger partial charge in [0.05, 0.1) is 62.8 Å². The van der Waals surface area contributed by atoms with Crippen molar-refractivity contribution in [1.82, 2.24) is 10.6 Å². The third kappa shape index (κ3) is 57.4. The maximum absolute atomic E-state index is 15.8. The quantitative estimate of drug-likeness (QED) is 0.0121. The highest BCUT2D eigenvalue weighted by atomic mass is 31.2. The molecule has 0 saturated carbocycles. The summed E-state index contributed by atoms with van der Waals surface area (Å²) in [5.41, 5.74) is -4.61. The SMILES string of the molecule is CCCCCCCCCCCCCC(C)C(=O)OC(CC(=O)NC1(C)C(O)OC(COC2OC(CO)C(O[P+]([O-])(O)O)C(OC(=O)CC(OC(=O)C(C)CCCCCCCCCCC)C(C)CCCCCCCCC)C2(C)NC(=O)CC(OC(=O)C(C)CCCCCCCCC)C(C)CCCCCCCCC)C(O)C1OC(=O)CC(O)C(C)CCCCCCCCC)C(C)CCCCCCCCC. The van der Waals surface area contributed by atoms with E-state index in [9.17, 15) is 54.3 Å². The van der Waals surface area contributed by atoms with Crippen molar-refractivity contribution in [2.24, 2.45) is 41.4 Å². The Balaban J connectivity index is 3.04. The summed E-state index contributed by atoms with van der Waals surface area (Å²) >= 11 is 0. The van der Waals surface area contributed by atoms with Crippen LogP contribution in [-0.2, 0) is 76.0 Å². The molecule has 2 aliphatic rings. The van der Waals surface area contributed by atoms with Crippen molar-refractivity contribution < 1.29 is 111 Å². The van der Waals surface area contributed by atoms with E-state index < -0.39 is 203 Å². The summed E-state index contributed by atoms with van der Waals surface area (Å²) in [5.74, 6) is -8.18. The van der Waals surface area contributed by atoms with E-state index in [1.165, 1.54) is 84.5 Å². The first-order valence-electron chi connectivity index (χ1n) is 57.1. The van der Waals surface area contributed by atoms with Gasteiger partial charge in [0.2, 0.25) is 11.8 Å². The topological polar surface area (TPSA) is 371 Å². The lowest BCUT2D eigenvalue weighted by molar-refractivity contribution is -0.327. The Labute approximate surface area is 840 Å². The van der Waals surface area contributed by atoms with Gasteiger partial charge in [-0.05, 0) is 82.5 Å². The number of aliphatic hydroxyl groups excluding tert-OH is 4. The maximum Gasteiger partial charge on any atom is 0.374 e. The molecule has 25 nitrogen and oxygen atoms in total. The fourth-order valence-electron chi connectivity index (χ4n) is 19.7. The van der Waals surface area contributed by atoms with E-state index in [-0.39, 0.29) is 11.8 Å². The molecule has 2 aliphatic heterocycles. The number of hydrogen-bond acceptors (Lipinski definition) is 23. The molecule has 26 heteroatoms. The molecule has 21 unspecified atom stereocenters. The zero-order chi connectivity index (χ0) is 102. The van der Waals surface area contributed by atoms with E-state index in [2.05, 4.69) is 59.1 Å². The number of unbranched alkanes of at least 4 members (excludes halogenated alkanes) is 48. The van der Waals surface area contributed by atoms with E-state index in [1.54, 1.807) is 0 Å². The Morgan fingerprint density at radius 1 is 0.355 bits per heavy atom. The second-order valence-electron chi connectivity index (χ2n) is 43.0. The number of phosphoric ester groups is 1. The fraction of sp³-hybridized carbons (Fsp3) is 0.938. The number of carbonyl (C=O) groups is 7. The normalized spacial score (nSPS) is 22.1. The van der Waals surface area contributed by atoms with Gasteiger partial charge in [0.15, 0.2) is 30.9 Å². The van der Waals surface area contributed by atoms with Crippen molar-refractivity contribution in [3.05, 3.63) is 0 Å². The van der Waals surface area contributed by atoms with Crippen LogP contribution in [0.4, 0.5) is 0 Å². The maximum atomic E-state index is 15.8. The number of amides is 2. The Morgan fingerprint density at radius 2 is 0.623 bits per heavy atom. The summed E-state index contributed by atoms with van der Waals surface area (Å²) in [6.45, 7) is 29.0. The van der Waals surface area contributed by atoms with E-state index in [1.807, 2.05) is 48.5 Å². The van der Waals surface area contributed by atoms with Gasteiger partial charge in [-0.25, -0.2) is 0 Å².